The van der Waals surface area contributed by atoms with Crippen LogP contribution in [0.4, 0.5) is 0 Å². The zero-order valence-corrected chi connectivity index (χ0v) is 12.5. The van der Waals surface area contributed by atoms with Gasteiger partial charge in [-0.1, -0.05) is 0 Å². The van der Waals surface area contributed by atoms with E-state index < -0.39 is 12.2 Å². The van der Waals surface area contributed by atoms with Crippen molar-refractivity contribution in [3.8, 4) is 0 Å². The first-order chi connectivity index (χ1) is 11.2. The monoisotopic (exact) mass is 317 g/mol. The summed E-state index contributed by atoms with van der Waals surface area (Å²) < 4.78 is 5.56. The highest BCUT2D eigenvalue weighted by Crippen LogP contribution is 2.14. The van der Waals surface area contributed by atoms with Crippen molar-refractivity contribution in [2.45, 2.75) is 24.8 Å². The van der Waals surface area contributed by atoms with Gasteiger partial charge in [-0.05, 0) is 12.1 Å². The minimum Gasteiger partial charge on any atom is -0.389 e. The van der Waals surface area contributed by atoms with E-state index in [-0.39, 0.29) is 18.5 Å². The van der Waals surface area contributed by atoms with Crippen LogP contribution in [0.25, 0.3) is 0 Å². The second kappa shape index (κ2) is 7.32. The number of aliphatic hydroxyl groups excluding tert-OH is 1. The molecule has 1 aliphatic rings. The van der Waals surface area contributed by atoms with Crippen molar-refractivity contribution in [3.63, 3.8) is 0 Å². The van der Waals surface area contributed by atoms with Gasteiger partial charge in [-0.25, -0.2) is 4.98 Å². The summed E-state index contributed by atoms with van der Waals surface area (Å²) in [7, 11) is 0. The van der Waals surface area contributed by atoms with Crippen LogP contribution in [-0.2, 0) is 11.3 Å². The number of carbonyl (C=O) groups is 1. The average Bonchev–Trinajstić information content (AvgIpc) is 3.22. The second-order valence-electron chi connectivity index (χ2n) is 5.33. The Morgan fingerprint density at radius 2 is 2.22 bits per heavy atom. The van der Waals surface area contributed by atoms with Crippen LogP contribution >= 0.6 is 0 Å². The van der Waals surface area contributed by atoms with Gasteiger partial charge in [0.15, 0.2) is 0 Å². The molecule has 0 aliphatic carbocycles. The topological polar surface area (TPSA) is 112 Å². The molecule has 8 nitrogen and oxygen atoms in total. The van der Waals surface area contributed by atoms with Gasteiger partial charge in [0.05, 0.1) is 25.3 Å². The lowest BCUT2D eigenvalue weighted by atomic mass is 10.1. The number of H-pyrrole nitrogens is 1. The molecular formula is C15H19N5O3. The number of aliphatic hydroxyl groups is 1. The molecule has 0 bridgehead atoms. The van der Waals surface area contributed by atoms with Crippen LogP contribution in [0.5, 0.6) is 0 Å². The van der Waals surface area contributed by atoms with Crippen molar-refractivity contribution < 1.29 is 14.6 Å². The summed E-state index contributed by atoms with van der Waals surface area (Å²) in [5.41, 5.74) is 0.528. The Hall–Kier alpha value is -2.29. The number of hydrogen-bond donors (Lipinski definition) is 4. The fraction of sp³-hybridized carbons (Fsp3) is 0.400. The molecule has 1 aliphatic heterocycles. The highest BCUT2D eigenvalue weighted by Gasteiger charge is 2.35. The van der Waals surface area contributed by atoms with Crippen molar-refractivity contribution in [1.82, 2.24) is 25.6 Å². The van der Waals surface area contributed by atoms with Crippen molar-refractivity contribution in [2.75, 3.05) is 13.2 Å². The van der Waals surface area contributed by atoms with Gasteiger partial charge in [-0.2, -0.15) is 0 Å². The molecule has 0 saturated carbocycles. The summed E-state index contributed by atoms with van der Waals surface area (Å²) in [6.07, 6.45) is 5.42. The Bertz CT molecular complexity index is 619. The minimum absolute atomic E-state index is 0.192. The van der Waals surface area contributed by atoms with Gasteiger partial charge >= 0.3 is 0 Å². The number of aromatic nitrogens is 3. The number of pyridine rings is 1. The number of nitrogens with zero attached hydrogens (tertiary/aromatic N) is 2. The molecule has 3 unspecified atom stereocenters. The maximum atomic E-state index is 12.0. The molecule has 1 fully saturated rings. The fourth-order valence-electron chi connectivity index (χ4n) is 2.46. The summed E-state index contributed by atoms with van der Waals surface area (Å²) in [5, 5.41) is 16.2. The van der Waals surface area contributed by atoms with E-state index in [1.807, 2.05) is 0 Å². The number of aromatic amines is 1. The first kappa shape index (κ1) is 15.6. The molecule has 0 radical (unpaired) electrons. The molecule has 122 valence electrons. The standard InChI is InChI=1S/C15H19N5O3/c21-14-11(19-8-13-17-5-6-18-13)9-23-12(14)7-20-15(22)10-1-3-16-4-2-10/h1-6,11-12,14,19,21H,7-9H2,(H,17,18)(H,20,22). The highest BCUT2D eigenvalue weighted by atomic mass is 16.5. The van der Waals surface area contributed by atoms with E-state index in [1.54, 1.807) is 36.9 Å². The van der Waals surface area contributed by atoms with Crippen LogP contribution in [-0.4, -0.2) is 57.4 Å². The number of nitrogens with one attached hydrogen (secondary N) is 3. The molecule has 3 heterocycles. The van der Waals surface area contributed by atoms with Crippen LogP contribution in [0.2, 0.25) is 0 Å². The molecule has 3 rings (SSSR count). The molecule has 3 atom stereocenters. The molecule has 0 spiro atoms. The number of hydrogen-bond acceptors (Lipinski definition) is 6. The molecule has 1 amide bonds. The van der Waals surface area contributed by atoms with E-state index in [4.69, 9.17) is 4.74 Å². The maximum absolute atomic E-state index is 12.0. The summed E-state index contributed by atoms with van der Waals surface area (Å²) in [5.74, 6) is 0.585. The van der Waals surface area contributed by atoms with Crippen molar-refractivity contribution in [3.05, 3.63) is 48.3 Å². The van der Waals surface area contributed by atoms with Gasteiger partial charge in [0.1, 0.15) is 11.9 Å². The molecular weight excluding hydrogens is 298 g/mol. The molecule has 4 N–H and O–H groups in total. The molecule has 23 heavy (non-hydrogen) atoms. The number of amides is 1. The lowest BCUT2D eigenvalue weighted by Crippen LogP contribution is -2.44. The quantitative estimate of drug-likeness (QED) is 0.569. The van der Waals surface area contributed by atoms with E-state index in [9.17, 15) is 9.90 Å². The molecule has 2 aromatic heterocycles. The Morgan fingerprint density at radius 1 is 1.39 bits per heavy atom. The largest absolute Gasteiger partial charge is 0.389 e. The predicted octanol–water partition coefficient (Wildman–Crippen LogP) is -0.547. The van der Waals surface area contributed by atoms with E-state index in [2.05, 4.69) is 25.6 Å². The van der Waals surface area contributed by atoms with E-state index >= 15 is 0 Å². The number of rotatable bonds is 6. The van der Waals surface area contributed by atoms with Gasteiger partial charge in [0.25, 0.3) is 5.91 Å². The Balaban J connectivity index is 1.45. The number of ether oxygens (including phenoxy) is 1. The van der Waals surface area contributed by atoms with Crippen LogP contribution in [0, 0.1) is 0 Å². The minimum atomic E-state index is -0.692. The Morgan fingerprint density at radius 3 is 2.96 bits per heavy atom. The molecule has 0 aromatic carbocycles. The zero-order chi connectivity index (χ0) is 16.1. The van der Waals surface area contributed by atoms with Crippen LogP contribution < -0.4 is 10.6 Å². The maximum Gasteiger partial charge on any atom is 0.251 e. The lowest BCUT2D eigenvalue weighted by molar-refractivity contribution is 0.0398. The normalized spacial score (nSPS) is 23.8. The van der Waals surface area contributed by atoms with E-state index in [1.165, 1.54) is 0 Å². The van der Waals surface area contributed by atoms with E-state index in [0.717, 1.165) is 5.82 Å². The SMILES string of the molecule is O=C(NCC1OCC(NCc2ncc[nH]2)C1O)c1ccncc1. The zero-order valence-electron chi connectivity index (χ0n) is 12.5. The first-order valence-corrected chi connectivity index (χ1v) is 7.43. The molecule has 1 saturated heterocycles. The summed E-state index contributed by atoms with van der Waals surface area (Å²) in [6.45, 7) is 1.16. The third kappa shape index (κ3) is 3.92. The predicted molar refractivity (Wildman–Crippen MR) is 81.5 cm³/mol. The van der Waals surface area contributed by atoms with Crippen molar-refractivity contribution >= 4 is 5.91 Å². The second-order valence-corrected chi connectivity index (χ2v) is 5.33. The van der Waals surface area contributed by atoms with Gasteiger partial charge in [0, 0.05) is 36.9 Å². The highest BCUT2D eigenvalue weighted by molar-refractivity contribution is 5.93. The third-order valence-corrected chi connectivity index (χ3v) is 3.78. The summed E-state index contributed by atoms with van der Waals surface area (Å²) >= 11 is 0. The van der Waals surface area contributed by atoms with Crippen LogP contribution in [0.15, 0.2) is 36.9 Å². The smallest absolute Gasteiger partial charge is 0.251 e. The number of imidazole rings is 1. The van der Waals surface area contributed by atoms with E-state index in [0.29, 0.717) is 18.7 Å². The third-order valence-electron chi connectivity index (χ3n) is 3.78. The number of carbonyl (C=O) groups excluding carboxylic acids is 1. The van der Waals surface area contributed by atoms with Gasteiger partial charge in [0.2, 0.25) is 0 Å². The van der Waals surface area contributed by atoms with Gasteiger partial charge in [-0.15, -0.1) is 0 Å². The van der Waals surface area contributed by atoms with Crippen molar-refractivity contribution in [1.29, 1.82) is 0 Å². The summed E-state index contributed by atoms with van der Waals surface area (Å²) in [4.78, 5) is 22.9. The van der Waals surface area contributed by atoms with Gasteiger partial charge in [-0.3, -0.25) is 9.78 Å². The Kier molecular flexibility index (Phi) is 4.96. The van der Waals surface area contributed by atoms with Crippen LogP contribution in [0.1, 0.15) is 16.2 Å². The fourth-order valence-corrected chi connectivity index (χ4v) is 2.46. The lowest BCUT2D eigenvalue weighted by Gasteiger charge is -2.18. The first-order valence-electron chi connectivity index (χ1n) is 7.43. The van der Waals surface area contributed by atoms with Crippen LogP contribution in [0.3, 0.4) is 0 Å². The average molecular weight is 317 g/mol. The van der Waals surface area contributed by atoms with Gasteiger partial charge < -0.3 is 25.5 Å². The molecule has 2 aromatic rings. The van der Waals surface area contributed by atoms with Crippen molar-refractivity contribution in [2.24, 2.45) is 0 Å². The molecule has 8 heteroatoms. The summed E-state index contributed by atoms with van der Waals surface area (Å²) in [6, 6.07) is 3.08. The Labute approximate surface area is 133 Å².